The minimum atomic E-state index is 0.470. The Labute approximate surface area is 110 Å². The monoisotopic (exact) mass is 252 g/mol. The molecule has 0 aromatic carbocycles. The van der Waals surface area contributed by atoms with Crippen molar-refractivity contribution in [1.29, 1.82) is 0 Å². The fourth-order valence-corrected chi connectivity index (χ4v) is 1.46. The van der Waals surface area contributed by atoms with E-state index >= 15 is 0 Å². The molecule has 4 nitrogen and oxygen atoms in total. The maximum Gasteiger partial charge on any atom is 0.0889 e. The summed E-state index contributed by atoms with van der Waals surface area (Å²) in [6, 6.07) is 6.50. The third kappa shape index (κ3) is 6.69. The van der Waals surface area contributed by atoms with Crippen molar-refractivity contribution in [3.8, 4) is 0 Å². The first-order valence-electron chi connectivity index (χ1n) is 6.56. The second kappa shape index (κ2) is 9.03. The molecule has 0 aliphatic carbocycles. The van der Waals surface area contributed by atoms with Crippen molar-refractivity contribution in [2.45, 2.75) is 40.0 Å². The fourth-order valence-electron chi connectivity index (χ4n) is 1.46. The molecule has 4 heteroatoms. The smallest absolute Gasteiger partial charge is 0.0889 e. The van der Waals surface area contributed by atoms with Crippen LogP contribution < -0.4 is 5.32 Å². The highest BCUT2D eigenvalue weighted by molar-refractivity contribution is 5.10. The maximum atomic E-state index is 5.49. The van der Waals surface area contributed by atoms with Crippen LogP contribution in [0, 0.1) is 0 Å². The van der Waals surface area contributed by atoms with Gasteiger partial charge in [-0.1, -0.05) is 19.9 Å². The summed E-state index contributed by atoms with van der Waals surface area (Å²) in [4.78, 5) is 4.53. The number of nitrogens with one attached hydrogen (secondary N) is 1. The van der Waals surface area contributed by atoms with Gasteiger partial charge in [-0.05, 0) is 19.1 Å². The second-order valence-electron chi connectivity index (χ2n) is 4.41. The normalized spacial score (nSPS) is 11.1. The van der Waals surface area contributed by atoms with E-state index in [1.807, 2.05) is 25.1 Å². The Morgan fingerprint density at radius 1 is 1.17 bits per heavy atom. The van der Waals surface area contributed by atoms with Gasteiger partial charge in [0.25, 0.3) is 0 Å². The van der Waals surface area contributed by atoms with E-state index in [2.05, 4.69) is 24.1 Å². The van der Waals surface area contributed by atoms with Crippen molar-refractivity contribution in [1.82, 2.24) is 10.3 Å². The number of pyridine rings is 1. The van der Waals surface area contributed by atoms with Gasteiger partial charge in [0.1, 0.15) is 0 Å². The lowest BCUT2D eigenvalue weighted by Gasteiger charge is -2.09. The van der Waals surface area contributed by atoms with Gasteiger partial charge < -0.3 is 14.8 Å². The molecule has 0 aliphatic rings. The molecule has 1 aromatic rings. The van der Waals surface area contributed by atoms with Crippen LogP contribution >= 0.6 is 0 Å². The summed E-state index contributed by atoms with van der Waals surface area (Å²) >= 11 is 0. The SMILES string of the molecule is CCOCCOCc1cccc(CNC(C)C)n1. The third-order valence-corrected chi connectivity index (χ3v) is 2.38. The molecule has 0 saturated heterocycles. The number of nitrogens with zero attached hydrogens (tertiary/aromatic N) is 1. The molecule has 0 atom stereocenters. The zero-order chi connectivity index (χ0) is 13.2. The highest BCUT2D eigenvalue weighted by Gasteiger charge is 1.99. The van der Waals surface area contributed by atoms with Gasteiger partial charge in [-0.15, -0.1) is 0 Å². The van der Waals surface area contributed by atoms with Gasteiger partial charge in [-0.3, -0.25) is 4.98 Å². The molecule has 1 N–H and O–H groups in total. The summed E-state index contributed by atoms with van der Waals surface area (Å²) in [5.41, 5.74) is 2.02. The van der Waals surface area contributed by atoms with Crippen LogP contribution in [0.1, 0.15) is 32.2 Å². The first-order chi connectivity index (χ1) is 8.72. The molecule has 1 rings (SSSR count). The van der Waals surface area contributed by atoms with Crippen LogP contribution in [0.5, 0.6) is 0 Å². The predicted octanol–water partition coefficient (Wildman–Crippen LogP) is 2.13. The van der Waals surface area contributed by atoms with Gasteiger partial charge in [0.2, 0.25) is 0 Å². The Hall–Kier alpha value is -0.970. The highest BCUT2D eigenvalue weighted by Crippen LogP contribution is 2.01. The summed E-state index contributed by atoms with van der Waals surface area (Å²) in [5.74, 6) is 0. The van der Waals surface area contributed by atoms with Gasteiger partial charge in [0.05, 0.1) is 31.2 Å². The maximum absolute atomic E-state index is 5.49. The Balaban J connectivity index is 2.30. The zero-order valence-corrected chi connectivity index (χ0v) is 11.6. The lowest BCUT2D eigenvalue weighted by Crippen LogP contribution is -2.22. The molecule has 0 amide bonds. The van der Waals surface area contributed by atoms with E-state index in [1.54, 1.807) is 0 Å². The van der Waals surface area contributed by atoms with Crippen molar-refractivity contribution in [2.75, 3.05) is 19.8 Å². The minimum absolute atomic E-state index is 0.470. The number of hydrogen-bond acceptors (Lipinski definition) is 4. The number of rotatable bonds is 9. The third-order valence-electron chi connectivity index (χ3n) is 2.38. The largest absolute Gasteiger partial charge is 0.379 e. The number of hydrogen-bond donors (Lipinski definition) is 1. The van der Waals surface area contributed by atoms with E-state index < -0.39 is 0 Å². The van der Waals surface area contributed by atoms with Crippen molar-refractivity contribution < 1.29 is 9.47 Å². The molecule has 0 saturated carbocycles. The molecule has 1 aromatic heterocycles. The minimum Gasteiger partial charge on any atom is -0.379 e. The van der Waals surface area contributed by atoms with E-state index in [0.717, 1.165) is 24.5 Å². The first-order valence-corrected chi connectivity index (χ1v) is 6.56. The van der Waals surface area contributed by atoms with Gasteiger partial charge in [-0.2, -0.15) is 0 Å². The topological polar surface area (TPSA) is 43.4 Å². The summed E-state index contributed by atoms with van der Waals surface area (Å²) in [7, 11) is 0. The van der Waals surface area contributed by atoms with Crippen LogP contribution in [0.15, 0.2) is 18.2 Å². The highest BCUT2D eigenvalue weighted by atomic mass is 16.5. The standard InChI is InChI=1S/C14H24N2O2/c1-4-17-8-9-18-11-14-7-5-6-13(16-14)10-15-12(2)3/h5-7,12,15H,4,8-11H2,1-3H3. The molecule has 1 heterocycles. The molecule has 0 aliphatic heterocycles. The van der Waals surface area contributed by atoms with Gasteiger partial charge in [0, 0.05) is 19.2 Å². The average Bonchev–Trinajstić information content (AvgIpc) is 2.37. The lowest BCUT2D eigenvalue weighted by atomic mass is 10.3. The molecule has 0 spiro atoms. The summed E-state index contributed by atoms with van der Waals surface area (Å²) in [6.45, 7) is 9.56. The Bertz CT molecular complexity index is 329. The molecule has 102 valence electrons. The fraction of sp³-hybridized carbons (Fsp3) is 0.643. The summed E-state index contributed by atoms with van der Waals surface area (Å²) < 4.78 is 10.7. The lowest BCUT2D eigenvalue weighted by molar-refractivity contribution is 0.0441. The van der Waals surface area contributed by atoms with Crippen molar-refractivity contribution in [3.05, 3.63) is 29.6 Å². The van der Waals surface area contributed by atoms with Gasteiger partial charge in [0.15, 0.2) is 0 Å². The van der Waals surface area contributed by atoms with E-state index in [0.29, 0.717) is 25.9 Å². The van der Waals surface area contributed by atoms with Crippen LogP contribution in [0.25, 0.3) is 0 Å². The van der Waals surface area contributed by atoms with E-state index in [-0.39, 0.29) is 0 Å². The van der Waals surface area contributed by atoms with Crippen LogP contribution in [0.3, 0.4) is 0 Å². The first kappa shape index (κ1) is 15.1. The Kier molecular flexibility index (Phi) is 7.57. The molecular weight excluding hydrogens is 228 g/mol. The van der Waals surface area contributed by atoms with E-state index in [9.17, 15) is 0 Å². The van der Waals surface area contributed by atoms with Crippen molar-refractivity contribution in [2.24, 2.45) is 0 Å². The molecule has 0 radical (unpaired) electrons. The molecular formula is C14H24N2O2. The predicted molar refractivity (Wildman–Crippen MR) is 72.4 cm³/mol. The molecule has 0 bridgehead atoms. The van der Waals surface area contributed by atoms with Crippen LogP contribution in [-0.2, 0) is 22.6 Å². The van der Waals surface area contributed by atoms with Crippen LogP contribution in [0.2, 0.25) is 0 Å². The van der Waals surface area contributed by atoms with Crippen LogP contribution in [0.4, 0.5) is 0 Å². The quantitative estimate of drug-likeness (QED) is 0.684. The average molecular weight is 252 g/mol. The molecule has 18 heavy (non-hydrogen) atoms. The van der Waals surface area contributed by atoms with Gasteiger partial charge in [-0.25, -0.2) is 0 Å². The van der Waals surface area contributed by atoms with Crippen molar-refractivity contribution >= 4 is 0 Å². The summed E-state index contributed by atoms with van der Waals surface area (Å²) in [5, 5.41) is 3.35. The molecule has 0 fully saturated rings. The van der Waals surface area contributed by atoms with Crippen molar-refractivity contribution in [3.63, 3.8) is 0 Å². The molecule has 0 unspecified atom stereocenters. The van der Waals surface area contributed by atoms with E-state index in [4.69, 9.17) is 9.47 Å². The number of ether oxygens (including phenoxy) is 2. The second-order valence-corrected chi connectivity index (χ2v) is 4.41. The van der Waals surface area contributed by atoms with Gasteiger partial charge >= 0.3 is 0 Å². The zero-order valence-electron chi connectivity index (χ0n) is 11.6. The Morgan fingerprint density at radius 3 is 2.61 bits per heavy atom. The van der Waals surface area contributed by atoms with Crippen LogP contribution in [-0.4, -0.2) is 30.8 Å². The Morgan fingerprint density at radius 2 is 1.89 bits per heavy atom. The summed E-state index contributed by atoms with van der Waals surface area (Å²) in [6.07, 6.45) is 0. The number of aromatic nitrogens is 1. The van der Waals surface area contributed by atoms with E-state index in [1.165, 1.54) is 0 Å².